The predicted molar refractivity (Wildman–Crippen MR) is 291 cm³/mol. The summed E-state index contributed by atoms with van der Waals surface area (Å²) in [6.07, 6.45) is 11.0. The van der Waals surface area contributed by atoms with Crippen LogP contribution in [0.15, 0.2) is 76.0 Å². The minimum absolute atomic E-state index is 0.00277. The average Bonchev–Trinajstić information content (AvgIpc) is 4.15. The van der Waals surface area contributed by atoms with Crippen LogP contribution < -0.4 is 14.2 Å². The van der Waals surface area contributed by atoms with Crippen molar-refractivity contribution in [3.63, 3.8) is 0 Å². The first-order valence-corrected chi connectivity index (χ1v) is 26.8. The number of carbonyl (C=O) groups excluding carboxylic acids is 6. The van der Waals surface area contributed by atoms with Crippen molar-refractivity contribution in [2.45, 2.75) is 111 Å². The SMILES string of the molecule is COc1cc2c(cc1OCc1cc(C#CCCC(=O)CCOCCOCCOCCOCCCC(=O)CCN3C(=O)CC(C)C3=O)cc(COc3cc4c(cc3C)C(=O)N3C=C(C)C[C@H]3C=N4)c1)N=C[C@@H]1CC(C)=CN1C2=O. The Labute approximate surface area is 455 Å². The Hall–Kier alpha value is -7.30. The minimum atomic E-state index is -0.306. The second-order valence-corrected chi connectivity index (χ2v) is 20.2. The third kappa shape index (κ3) is 15.0. The summed E-state index contributed by atoms with van der Waals surface area (Å²) in [5, 5.41) is 0. The summed E-state index contributed by atoms with van der Waals surface area (Å²) < 4.78 is 40.8. The van der Waals surface area contributed by atoms with E-state index < -0.39 is 0 Å². The molecule has 1 saturated heterocycles. The van der Waals surface area contributed by atoms with Crippen molar-refractivity contribution in [3.8, 4) is 29.1 Å². The van der Waals surface area contributed by atoms with E-state index in [1.54, 1.807) is 35.1 Å². The fourth-order valence-electron chi connectivity index (χ4n) is 9.70. The van der Waals surface area contributed by atoms with E-state index in [1.165, 1.54) is 12.0 Å². The first kappa shape index (κ1) is 56.9. The van der Waals surface area contributed by atoms with E-state index in [2.05, 4.69) is 16.8 Å². The van der Waals surface area contributed by atoms with Gasteiger partial charge in [-0.3, -0.25) is 43.7 Å². The van der Waals surface area contributed by atoms with Crippen molar-refractivity contribution in [2.24, 2.45) is 15.9 Å². The summed E-state index contributed by atoms with van der Waals surface area (Å²) in [6.45, 7) is 11.0. The highest BCUT2D eigenvalue weighted by Crippen LogP contribution is 2.39. The van der Waals surface area contributed by atoms with E-state index in [-0.39, 0.29) is 105 Å². The van der Waals surface area contributed by atoms with Gasteiger partial charge < -0.3 is 43.0 Å². The summed E-state index contributed by atoms with van der Waals surface area (Å²) in [5.74, 6) is 6.89. The lowest BCUT2D eigenvalue weighted by atomic mass is 10.1. The number of rotatable bonds is 28. The molecule has 3 aromatic rings. The largest absolute Gasteiger partial charge is 0.493 e. The maximum Gasteiger partial charge on any atom is 0.260 e. The van der Waals surface area contributed by atoms with Gasteiger partial charge in [-0.15, -0.1) is 0 Å². The maximum atomic E-state index is 13.6. The van der Waals surface area contributed by atoms with Gasteiger partial charge in [0, 0.05) is 100 Å². The van der Waals surface area contributed by atoms with Crippen LogP contribution in [0.25, 0.3) is 0 Å². The summed E-state index contributed by atoms with van der Waals surface area (Å²) in [4.78, 5) is 89.9. The lowest BCUT2D eigenvalue weighted by Crippen LogP contribution is -2.32. The first-order valence-electron chi connectivity index (χ1n) is 26.8. The van der Waals surface area contributed by atoms with Crippen molar-refractivity contribution >= 4 is 59.0 Å². The van der Waals surface area contributed by atoms with Gasteiger partial charge in [0.05, 0.1) is 87.9 Å². The van der Waals surface area contributed by atoms with Gasteiger partial charge >= 0.3 is 0 Å². The smallest absolute Gasteiger partial charge is 0.260 e. The van der Waals surface area contributed by atoms with E-state index in [0.717, 1.165) is 40.7 Å². The number of aryl methyl sites for hydroxylation is 1. The predicted octanol–water partition coefficient (Wildman–Crippen LogP) is 8.12. The Balaban J connectivity index is 0.774. The van der Waals surface area contributed by atoms with E-state index in [9.17, 15) is 28.8 Å². The van der Waals surface area contributed by atoms with Gasteiger partial charge in [0.25, 0.3) is 11.8 Å². The summed E-state index contributed by atoms with van der Waals surface area (Å²) in [7, 11) is 1.53. The number of hydrogen-bond donors (Lipinski definition) is 0. The Morgan fingerprint density at radius 1 is 0.615 bits per heavy atom. The van der Waals surface area contributed by atoms with Gasteiger partial charge in [-0.25, -0.2) is 0 Å². The molecule has 8 rings (SSSR count). The lowest BCUT2D eigenvalue weighted by molar-refractivity contribution is -0.139. The molecule has 0 bridgehead atoms. The molecule has 0 spiro atoms. The Bertz CT molecular complexity index is 2950. The topological polar surface area (TPSA) is 201 Å². The maximum absolute atomic E-state index is 13.6. The molecule has 18 heteroatoms. The fourth-order valence-corrected chi connectivity index (χ4v) is 9.70. The number of carbonyl (C=O) groups is 6. The molecule has 412 valence electrons. The molecule has 1 unspecified atom stereocenters. The number of amides is 4. The van der Waals surface area contributed by atoms with Crippen LogP contribution in [-0.2, 0) is 51.3 Å². The highest BCUT2D eigenvalue weighted by Gasteiger charge is 2.36. The number of aliphatic imine (C=N–C) groups is 2. The number of benzene rings is 3. The van der Waals surface area contributed by atoms with E-state index >= 15 is 0 Å². The van der Waals surface area contributed by atoms with E-state index in [1.807, 2.05) is 69.7 Å². The standard InChI is InChI=1S/C60H69N5O13/c1-39-23-46-33-61-52-31-54(41(3)25-50(52)59(70)64(46)35-39)77-37-44-27-43(28-45(29-44)38-78-56-32-53-51(30-55(56)72-5)60(71)65-36-40(2)24-47(65)34-62-53)9-6-7-10-49(67)13-16-74-18-20-76-22-21-75-19-17-73-15-8-11-48(66)12-14-63-57(68)26-42(4)58(63)69/h25,27-36,42,46-47H,7-8,10-24,26,37-38H2,1-5H3/t42?,46-,47-/m0/s1. The highest BCUT2D eigenvalue weighted by molar-refractivity contribution is 6.05. The zero-order valence-electron chi connectivity index (χ0n) is 45.3. The van der Waals surface area contributed by atoms with Gasteiger partial charge in [-0.05, 0) is 87.1 Å². The molecule has 5 heterocycles. The van der Waals surface area contributed by atoms with Crippen LogP contribution in [0.5, 0.6) is 17.2 Å². The van der Waals surface area contributed by atoms with Crippen LogP contribution in [0.3, 0.4) is 0 Å². The first-order chi connectivity index (χ1) is 37.7. The summed E-state index contributed by atoms with van der Waals surface area (Å²) in [6, 6.07) is 12.6. The van der Waals surface area contributed by atoms with E-state index in [0.29, 0.717) is 111 Å². The molecular weight excluding hydrogens is 999 g/mol. The normalized spacial score (nSPS) is 18.2. The van der Waals surface area contributed by atoms with Crippen LogP contribution in [0.2, 0.25) is 0 Å². The number of nitrogens with zero attached hydrogens (tertiary/aromatic N) is 5. The van der Waals surface area contributed by atoms with Crippen LogP contribution in [0, 0.1) is 24.7 Å². The third-order valence-electron chi connectivity index (χ3n) is 13.8. The number of ether oxygens (including phenoxy) is 7. The molecule has 1 fully saturated rings. The lowest BCUT2D eigenvalue weighted by Gasteiger charge is -2.19. The van der Waals surface area contributed by atoms with Crippen molar-refractivity contribution in [3.05, 3.63) is 99.4 Å². The second-order valence-electron chi connectivity index (χ2n) is 20.2. The van der Waals surface area contributed by atoms with Crippen molar-refractivity contribution < 1.29 is 61.9 Å². The Morgan fingerprint density at radius 3 is 1.76 bits per heavy atom. The van der Waals surface area contributed by atoms with E-state index in [4.69, 9.17) is 38.2 Å². The number of fused-ring (bicyclic) bond motifs is 4. The molecule has 4 amide bonds. The number of ketones is 2. The van der Waals surface area contributed by atoms with Gasteiger partial charge in [0.1, 0.15) is 30.5 Å². The fraction of sp³-hybridized carbons (Fsp3) is 0.467. The second kappa shape index (κ2) is 27.3. The molecule has 0 saturated carbocycles. The quantitative estimate of drug-likeness (QED) is 0.0384. The molecule has 18 nitrogen and oxygen atoms in total. The van der Waals surface area contributed by atoms with Gasteiger partial charge in [-0.1, -0.05) is 29.9 Å². The van der Waals surface area contributed by atoms with Crippen molar-refractivity contribution in [1.82, 2.24) is 14.7 Å². The number of hydrogen-bond acceptors (Lipinski definition) is 15. The number of likely N-dealkylation sites (tertiary alicyclic amines) is 1. The van der Waals surface area contributed by atoms with Crippen LogP contribution >= 0.6 is 0 Å². The zero-order chi connectivity index (χ0) is 55.1. The molecule has 5 aliphatic rings. The van der Waals surface area contributed by atoms with Gasteiger partial charge in [-0.2, -0.15) is 0 Å². The highest BCUT2D eigenvalue weighted by atomic mass is 16.6. The molecule has 0 aliphatic carbocycles. The van der Waals surface area contributed by atoms with Gasteiger partial charge in [0.2, 0.25) is 11.8 Å². The Morgan fingerprint density at radius 2 is 1.17 bits per heavy atom. The monoisotopic (exact) mass is 1070 g/mol. The molecular formula is C60H69N5O13. The number of imide groups is 1. The molecule has 0 radical (unpaired) electrons. The minimum Gasteiger partial charge on any atom is -0.493 e. The van der Waals surface area contributed by atoms with Crippen molar-refractivity contribution in [2.75, 3.05) is 66.5 Å². The van der Waals surface area contributed by atoms with Crippen LogP contribution in [-0.4, -0.2) is 141 Å². The molecule has 0 N–H and O–H groups in total. The average molecular weight is 1070 g/mol. The molecule has 78 heavy (non-hydrogen) atoms. The Kier molecular flexibility index (Phi) is 19.9. The molecule has 5 aliphatic heterocycles. The zero-order valence-corrected chi connectivity index (χ0v) is 45.3. The van der Waals surface area contributed by atoms with Gasteiger partial charge in [0.15, 0.2) is 11.5 Å². The third-order valence-corrected chi connectivity index (χ3v) is 13.8. The van der Waals surface area contributed by atoms with Crippen LogP contribution in [0.1, 0.15) is 122 Å². The number of methoxy groups -OCH3 is 1. The summed E-state index contributed by atoms with van der Waals surface area (Å²) >= 11 is 0. The molecule has 0 aromatic heterocycles. The van der Waals surface area contributed by atoms with Crippen molar-refractivity contribution in [1.29, 1.82) is 0 Å². The summed E-state index contributed by atoms with van der Waals surface area (Å²) in [5.41, 5.74) is 7.35. The number of Topliss-reactive ketones (excluding diaryl/α,β-unsaturated/α-hetero) is 2. The molecule has 3 aromatic carbocycles. The van der Waals surface area contributed by atoms with Crippen LogP contribution in [0.4, 0.5) is 11.4 Å². The molecule has 3 atom stereocenters.